The molecule has 4 nitrogen and oxygen atoms in total. The summed E-state index contributed by atoms with van der Waals surface area (Å²) in [7, 11) is 0. The minimum Gasteiger partial charge on any atom is -0.872 e. The summed E-state index contributed by atoms with van der Waals surface area (Å²) in [4.78, 5) is 22.3. The fourth-order valence-electron chi connectivity index (χ4n) is 1.26. The molecule has 0 aromatic heterocycles. The number of carbonyl (C=O) groups is 2. The van der Waals surface area contributed by atoms with E-state index in [0.717, 1.165) is 11.6 Å². The molecule has 5 heteroatoms. The van der Waals surface area contributed by atoms with Gasteiger partial charge in [-0.2, -0.15) is 0 Å². The summed E-state index contributed by atoms with van der Waals surface area (Å²) >= 11 is 5.82. The van der Waals surface area contributed by atoms with Crippen molar-refractivity contribution in [3.8, 4) is 0 Å². The fraction of sp³-hybridized carbons (Fsp3) is 0.231. The van der Waals surface area contributed by atoms with E-state index in [1.165, 1.54) is 6.07 Å². The molecule has 0 amide bonds. The highest BCUT2D eigenvalue weighted by Crippen LogP contribution is 2.19. The summed E-state index contributed by atoms with van der Waals surface area (Å²) < 4.78 is 4.49. The van der Waals surface area contributed by atoms with Crippen molar-refractivity contribution in [3.63, 3.8) is 0 Å². The summed E-state index contributed by atoms with van der Waals surface area (Å²) in [5.41, 5.74) is 1.02. The second-order valence-electron chi connectivity index (χ2n) is 3.56. The Balaban J connectivity index is 2.92. The Bertz CT molecular complexity index is 506. The molecule has 0 atom stereocenters. The van der Waals surface area contributed by atoms with Crippen LogP contribution in [0.15, 0.2) is 24.3 Å². The van der Waals surface area contributed by atoms with Crippen LogP contribution < -0.4 is 5.11 Å². The molecule has 0 radical (unpaired) electrons. The molecule has 96 valence electrons. The van der Waals surface area contributed by atoms with E-state index in [4.69, 9.17) is 11.6 Å². The minimum absolute atomic E-state index is 0.0899. The first kappa shape index (κ1) is 14.3. The standard InChI is InChI=1S/C13H13ClO4/c1-3-18-13(17)12(16)7-11(15)9-4-5-10(14)8(2)6-9/h4-7,15H,3H2,1-2H3/p-1/b11-7-. The summed E-state index contributed by atoms with van der Waals surface area (Å²) in [5.74, 6) is -2.54. The predicted molar refractivity (Wildman–Crippen MR) is 65.8 cm³/mol. The average Bonchev–Trinajstić information content (AvgIpc) is 2.32. The molecule has 0 saturated heterocycles. The number of hydrogen-bond donors (Lipinski definition) is 0. The summed E-state index contributed by atoms with van der Waals surface area (Å²) in [6.45, 7) is 3.41. The molecular weight excluding hydrogens is 256 g/mol. The number of benzene rings is 1. The first-order valence-electron chi connectivity index (χ1n) is 5.32. The number of carbonyl (C=O) groups excluding carboxylic acids is 2. The number of aryl methyl sites for hydroxylation is 1. The molecule has 0 heterocycles. The predicted octanol–water partition coefficient (Wildman–Crippen LogP) is 1.48. The Hall–Kier alpha value is -1.81. The van der Waals surface area contributed by atoms with Crippen molar-refractivity contribution < 1.29 is 19.4 Å². The van der Waals surface area contributed by atoms with Gasteiger partial charge in [-0.05, 0) is 37.1 Å². The van der Waals surface area contributed by atoms with Crippen LogP contribution in [0.25, 0.3) is 5.76 Å². The quantitative estimate of drug-likeness (QED) is 0.359. The SMILES string of the molecule is CCOC(=O)C(=O)/C=C(\[O-])c1ccc(Cl)c(C)c1. The molecule has 1 aromatic rings. The van der Waals surface area contributed by atoms with Crippen molar-refractivity contribution in [2.45, 2.75) is 13.8 Å². The second kappa shape index (κ2) is 6.21. The largest absolute Gasteiger partial charge is 0.872 e. The van der Waals surface area contributed by atoms with E-state index >= 15 is 0 Å². The monoisotopic (exact) mass is 267 g/mol. The molecule has 1 aromatic carbocycles. The van der Waals surface area contributed by atoms with Gasteiger partial charge in [0.15, 0.2) is 0 Å². The maximum Gasteiger partial charge on any atom is 0.378 e. The van der Waals surface area contributed by atoms with E-state index in [1.807, 2.05) is 0 Å². The van der Waals surface area contributed by atoms with Gasteiger partial charge in [0.2, 0.25) is 0 Å². The topological polar surface area (TPSA) is 66.4 Å². The molecule has 18 heavy (non-hydrogen) atoms. The van der Waals surface area contributed by atoms with Crippen molar-refractivity contribution >= 4 is 29.1 Å². The maximum atomic E-state index is 11.7. The molecule has 0 aliphatic rings. The molecule has 0 fully saturated rings. The van der Waals surface area contributed by atoms with Crippen molar-refractivity contribution in [1.29, 1.82) is 0 Å². The van der Waals surface area contributed by atoms with Crippen LogP contribution in [0.4, 0.5) is 0 Å². The van der Waals surface area contributed by atoms with Gasteiger partial charge in [-0.1, -0.05) is 29.5 Å². The van der Waals surface area contributed by atoms with Gasteiger partial charge in [0.1, 0.15) is 0 Å². The first-order valence-corrected chi connectivity index (χ1v) is 5.69. The lowest BCUT2D eigenvalue weighted by molar-refractivity contribution is -0.243. The molecule has 0 bridgehead atoms. The van der Waals surface area contributed by atoms with E-state index in [2.05, 4.69) is 4.74 Å². The van der Waals surface area contributed by atoms with E-state index in [0.29, 0.717) is 10.6 Å². The summed E-state index contributed by atoms with van der Waals surface area (Å²) in [6.07, 6.45) is 0.723. The Morgan fingerprint density at radius 2 is 2.11 bits per heavy atom. The lowest BCUT2D eigenvalue weighted by atomic mass is 10.1. The highest BCUT2D eigenvalue weighted by molar-refractivity contribution is 6.39. The molecule has 1 rings (SSSR count). The van der Waals surface area contributed by atoms with Gasteiger partial charge < -0.3 is 9.84 Å². The van der Waals surface area contributed by atoms with E-state index in [9.17, 15) is 14.7 Å². The number of ketones is 1. The van der Waals surface area contributed by atoms with Gasteiger partial charge in [-0.25, -0.2) is 4.79 Å². The lowest BCUT2D eigenvalue weighted by Crippen LogP contribution is -2.17. The molecule has 0 aliphatic carbocycles. The van der Waals surface area contributed by atoms with Crippen LogP contribution in [0.2, 0.25) is 5.02 Å². The Morgan fingerprint density at radius 1 is 1.44 bits per heavy atom. The third-order valence-corrected chi connectivity index (χ3v) is 2.61. The highest BCUT2D eigenvalue weighted by atomic mass is 35.5. The smallest absolute Gasteiger partial charge is 0.378 e. The summed E-state index contributed by atoms with van der Waals surface area (Å²) in [6, 6.07) is 4.61. The van der Waals surface area contributed by atoms with Crippen LogP contribution in [0, 0.1) is 6.92 Å². The van der Waals surface area contributed by atoms with E-state index < -0.39 is 17.5 Å². The summed E-state index contributed by atoms with van der Waals surface area (Å²) in [5, 5.41) is 12.2. The lowest BCUT2D eigenvalue weighted by Gasteiger charge is -2.12. The zero-order valence-corrected chi connectivity index (χ0v) is 10.8. The van der Waals surface area contributed by atoms with Crippen molar-refractivity contribution in [1.82, 2.24) is 0 Å². The third kappa shape index (κ3) is 3.60. The molecule has 0 saturated carbocycles. The van der Waals surface area contributed by atoms with Crippen LogP contribution in [0.1, 0.15) is 18.1 Å². The number of rotatable bonds is 4. The maximum absolute atomic E-state index is 11.7. The van der Waals surface area contributed by atoms with Crippen molar-refractivity contribution in [2.75, 3.05) is 6.61 Å². The van der Waals surface area contributed by atoms with Gasteiger partial charge in [0.05, 0.1) is 6.61 Å². The number of ether oxygens (including phenoxy) is 1. The second-order valence-corrected chi connectivity index (χ2v) is 3.96. The van der Waals surface area contributed by atoms with Gasteiger partial charge in [-0.3, -0.25) is 4.79 Å². The molecule has 0 N–H and O–H groups in total. The minimum atomic E-state index is -1.03. The fourth-order valence-corrected chi connectivity index (χ4v) is 1.38. The highest BCUT2D eigenvalue weighted by Gasteiger charge is 2.11. The van der Waals surface area contributed by atoms with Gasteiger partial charge in [0.25, 0.3) is 5.78 Å². The van der Waals surface area contributed by atoms with Gasteiger partial charge >= 0.3 is 5.97 Å². The Kier molecular flexibility index (Phi) is 4.92. The van der Waals surface area contributed by atoms with Crippen LogP contribution >= 0.6 is 11.6 Å². The number of halogens is 1. The Morgan fingerprint density at radius 3 is 2.67 bits per heavy atom. The third-order valence-electron chi connectivity index (χ3n) is 2.18. The van der Waals surface area contributed by atoms with Crippen molar-refractivity contribution in [2.24, 2.45) is 0 Å². The van der Waals surface area contributed by atoms with E-state index in [1.54, 1.807) is 26.0 Å². The Labute approximate surface area is 110 Å². The van der Waals surface area contributed by atoms with Crippen LogP contribution in [0.3, 0.4) is 0 Å². The first-order chi connectivity index (χ1) is 8.45. The molecule has 0 aliphatic heterocycles. The zero-order valence-electron chi connectivity index (χ0n) is 10.0. The zero-order chi connectivity index (χ0) is 13.7. The van der Waals surface area contributed by atoms with E-state index in [-0.39, 0.29) is 6.61 Å². The van der Waals surface area contributed by atoms with Crippen LogP contribution in [-0.2, 0) is 14.3 Å². The molecular formula is C13H12ClO4-. The van der Waals surface area contributed by atoms with Gasteiger partial charge in [0, 0.05) is 5.02 Å². The number of hydrogen-bond acceptors (Lipinski definition) is 4. The van der Waals surface area contributed by atoms with Gasteiger partial charge in [-0.15, -0.1) is 0 Å². The normalized spacial score (nSPS) is 11.2. The van der Waals surface area contributed by atoms with Crippen LogP contribution in [0.5, 0.6) is 0 Å². The number of esters is 1. The van der Waals surface area contributed by atoms with Crippen LogP contribution in [-0.4, -0.2) is 18.4 Å². The molecule has 0 spiro atoms. The molecule has 0 unspecified atom stereocenters. The van der Waals surface area contributed by atoms with Crippen molar-refractivity contribution in [3.05, 3.63) is 40.4 Å². The average molecular weight is 268 g/mol.